The number of imidazole rings is 1. The van der Waals surface area contributed by atoms with E-state index in [1.807, 2.05) is 0 Å². The Bertz CT molecular complexity index is 611. The van der Waals surface area contributed by atoms with Crippen LogP contribution < -0.4 is 10.2 Å². The fourth-order valence-corrected chi connectivity index (χ4v) is 3.30. The predicted molar refractivity (Wildman–Crippen MR) is 79.9 cm³/mol. The van der Waals surface area contributed by atoms with Gasteiger partial charge in [-0.1, -0.05) is 0 Å². The van der Waals surface area contributed by atoms with E-state index in [0.717, 1.165) is 30.8 Å². The van der Waals surface area contributed by atoms with Gasteiger partial charge in [-0.15, -0.1) is 0 Å². The average Bonchev–Trinajstić information content (AvgIpc) is 3.25. The minimum absolute atomic E-state index is 0.670. The molecule has 2 aromatic heterocycles. The number of fused-ring (bicyclic) bond motifs is 1. The Morgan fingerprint density at radius 3 is 2.79 bits per heavy atom. The predicted octanol–water partition coefficient (Wildman–Crippen LogP) is 2.38. The van der Waals surface area contributed by atoms with E-state index in [0.29, 0.717) is 5.92 Å². The molecular weight excluding hydrogens is 304 g/mol. The van der Waals surface area contributed by atoms with Gasteiger partial charge in [0.25, 0.3) is 0 Å². The molecule has 3 heterocycles. The van der Waals surface area contributed by atoms with Crippen molar-refractivity contribution in [1.29, 1.82) is 0 Å². The molecule has 2 aromatic rings. The Kier molecular flexibility index (Phi) is 2.77. The van der Waals surface area contributed by atoms with Gasteiger partial charge in [0.05, 0.1) is 5.52 Å². The van der Waals surface area contributed by atoms with Crippen LogP contribution in [0.3, 0.4) is 0 Å². The lowest BCUT2D eigenvalue weighted by Gasteiger charge is -2.29. The molecule has 1 saturated heterocycles. The van der Waals surface area contributed by atoms with Crippen molar-refractivity contribution in [2.75, 3.05) is 31.1 Å². The molecular formula is C14H17BrN4. The molecule has 0 atom stereocenters. The van der Waals surface area contributed by atoms with E-state index < -0.39 is 0 Å². The molecule has 0 amide bonds. The third kappa shape index (κ3) is 2.05. The maximum atomic E-state index is 4.69. The highest BCUT2D eigenvalue weighted by molar-refractivity contribution is 9.10. The zero-order valence-corrected chi connectivity index (χ0v) is 12.4. The van der Waals surface area contributed by atoms with Crippen LogP contribution in [0.4, 0.5) is 5.69 Å². The smallest absolute Gasteiger partial charge is 0.132 e. The number of hydrogen-bond donors (Lipinski definition) is 1. The fraction of sp³-hybridized carbons (Fsp3) is 0.500. The van der Waals surface area contributed by atoms with Gasteiger partial charge in [-0.25, -0.2) is 4.98 Å². The molecule has 2 fully saturated rings. The van der Waals surface area contributed by atoms with Crippen LogP contribution in [0.25, 0.3) is 5.52 Å². The van der Waals surface area contributed by atoms with Crippen molar-refractivity contribution in [2.45, 2.75) is 18.8 Å². The monoisotopic (exact) mass is 320 g/mol. The maximum absolute atomic E-state index is 4.69. The zero-order valence-electron chi connectivity index (χ0n) is 10.8. The number of piperazine rings is 1. The van der Waals surface area contributed by atoms with Gasteiger partial charge < -0.3 is 14.6 Å². The van der Waals surface area contributed by atoms with E-state index in [1.54, 1.807) is 0 Å². The van der Waals surface area contributed by atoms with Gasteiger partial charge in [0.1, 0.15) is 10.4 Å². The molecule has 1 N–H and O–H groups in total. The largest absolute Gasteiger partial charge is 0.369 e. The van der Waals surface area contributed by atoms with Crippen LogP contribution in [-0.2, 0) is 0 Å². The molecule has 0 bridgehead atoms. The molecule has 4 nitrogen and oxygen atoms in total. The highest BCUT2D eigenvalue weighted by atomic mass is 79.9. The topological polar surface area (TPSA) is 32.6 Å². The number of aromatic nitrogens is 2. The first-order valence-corrected chi connectivity index (χ1v) is 7.75. The van der Waals surface area contributed by atoms with Crippen molar-refractivity contribution in [3.63, 3.8) is 0 Å². The summed E-state index contributed by atoms with van der Waals surface area (Å²) in [5.74, 6) is 1.89. The summed E-state index contributed by atoms with van der Waals surface area (Å²) in [5, 5.41) is 3.39. The van der Waals surface area contributed by atoms with Gasteiger partial charge in [0.2, 0.25) is 0 Å². The van der Waals surface area contributed by atoms with Gasteiger partial charge in [-0.2, -0.15) is 0 Å². The summed E-state index contributed by atoms with van der Waals surface area (Å²) in [7, 11) is 0. The molecule has 0 radical (unpaired) electrons. The van der Waals surface area contributed by atoms with Gasteiger partial charge in [-0.05, 0) is 40.9 Å². The van der Waals surface area contributed by atoms with Gasteiger partial charge in [0.15, 0.2) is 0 Å². The number of anilines is 1. The second-order valence-corrected chi connectivity index (χ2v) is 6.16. The van der Waals surface area contributed by atoms with Crippen molar-refractivity contribution in [2.24, 2.45) is 0 Å². The Labute approximate surface area is 120 Å². The van der Waals surface area contributed by atoms with Crippen molar-refractivity contribution >= 4 is 27.1 Å². The Morgan fingerprint density at radius 2 is 2.05 bits per heavy atom. The lowest BCUT2D eigenvalue weighted by Crippen LogP contribution is -2.43. The Morgan fingerprint density at radius 1 is 1.26 bits per heavy atom. The number of rotatable bonds is 2. The number of nitrogens with one attached hydrogen (secondary N) is 1. The fourth-order valence-electron chi connectivity index (χ4n) is 2.81. The second kappa shape index (κ2) is 4.49. The first kappa shape index (κ1) is 11.7. The lowest BCUT2D eigenvalue weighted by molar-refractivity contribution is 0.589. The molecule has 1 aliphatic heterocycles. The van der Waals surface area contributed by atoms with Gasteiger partial charge >= 0.3 is 0 Å². The van der Waals surface area contributed by atoms with Crippen molar-refractivity contribution < 1.29 is 0 Å². The minimum atomic E-state index is 0.670. The highest BCUT2D eigenvalue weighted by Crippen LogP contribution is 2.41. The van der Waals surface area contributed by atoms with Crippen LogP contribution >= 0.6 is 15.9 Å². The maximum Gasteiger partial charge on any atom is 0.132 e. The average molecular weight is 321 g/mol. The molecule has 19 heavy (non-hydrogen) atoms. The highest BCUT2D eigenvalue weighted by Gasteiger charge is 2.29. The molecule has 1 aliphatic carbocycles. The first-order chi connectivity index (χ1) is 9.33. The second-order valence-electron chi connectivity index (χ2n) is 5.41. The molecule has 5 heteroatoms. The third-order valence-electron chi connectivity index (χ3n) is 4.03. The van der Waals surface area contributed by atoms with Crippen LogP contribution in [-0.4, -0.2) is 35.6 Å². The molecule has 100 valence electrons. The molecule has 0 aromatic carbocycles. The van der Waals surface area contributed by atoms with Crippen LogP contribution in [0.5, 0.6) is 0 Å². The summed E-state index contributed by atoms with van der Waals surface area (Å²) in [6.45, 7) is 4.30. The van der Waals surface area contributed by atoms with E-state index in [2.05, 4.69) is 53.9 Å². The summed E-state index contributed by atoms with van der Waals surface area (Å²) in [6, 6.07) is 4.48. The van der Waals surface area contributed by atoms with Gasteiger partial charge in [0, 0.05) is 44.0 Å². The minimum Gasteiger partial charge on any atom is -0.369 e. The van der Waals surface area contributed by atoms with E-state index in [1.165, 1.54) is 29.9 Å². The standard InChI is InChI=1S/C14H17BrN4/c15-13-12-9-11(18-7-4-16-5-8-18)3-6-19(12)14(17-13)10-1-2-10/h3,6,9-10,16H,1-2,4-5,7-8H2. The molecule has 4 rings (SSSR count). The van der Waals surface area contributed by atoms with Gasteiger partial charge in [-0.3, -0.25) is 0 Å². The van der Waals surface area contributed by atoms with Crippen LogP contribution in [0.15, 0.2) is 22.9 Å². The number of hydrogen-bond acceptors (Lipinski definition) is 3. The summed E-state index contributed by atoms with van der Waals surface area (Å²) in [5.41, 5.74) is 2.50. The SMILES string of the molecule is Brc1nc(C2CC2)n2ccc(N3CCNCC3)cc12. The molecule has 0 spiro atoms. The summed E-state index contributed by atoms with van der Waals surface area (Å²) in [4.78, 5) is 7.12. The number of halogens is 1. The summed E-state index contributed by atoms with van der Waals surface area (Å²) >= 11 is 3.61. The van der Waals surface area contributed by atoms with Crippen molar-refractivity contribution in [3.8, 4) is 0 Å². The van der Waals surface area contributed by atoms with E-state index >= 15 is 0 Å². The van der Waals surface area contributed by atoms with E-state index in [-0.39, 0.29) is 0 Å². The van der Waals surface area contributed by atoms with Crippen molar-refractivity contribution in [1.82, 2.24) is 14.7 Å². The number of pyridine rings is 1. The summed E-state index contributed by atoms with van der Waals surface area (Å²) < 4.78 is 3.22. The quantitative estimate of drug-likeness (QED) is 0.922. The third-order valence-corrected chi connectivity index (χ3v) is 4.62. The lowest BCUT2D eigenvalue weighted by atomic mass is 10.2. The Balaban J connectivity index is 1.76. The van der Waals surface area contributed by atoms with Crippen LogP contribution in [0, 0.1) is 0 Å². The first-order valence-electron chi connectivity index (χ1n) is 6.96. The Hall–Kier alpha value is -1.07. The van der Waals surface area contributed by atoms with Crippen LogP contribution in [0.1, 0.15) is 24.6 Å². The molecule has 1 saturated carbocycles. The number of nitrogens with zero attached hydrogens (tertiary/aromatic N) is 3. The summed E-state index contributed by atoms with van der Waals surface area (Å²) in [6.07, 6.45) is 4.74. The normalized spacial score (nSPS) is 20.2. The molecule has 0 unspecified atom stereocenters. The zero-order chi connectivity index (χ0) is 12.8. The van der Waals surface area contributed by atoms with Crippen LogP contribution in [0.2, 0.25) is 0 Å². The molecule has 2 aliphatic rings. The van der Waals surface area contributed by atoms with E-state index in [9.17, 15) is 0 Å². The van der Waals surface area contributed by atoms with E-state index in [4.69, 9.17) is 0 Å². The van der Waals surface area contributed by atoms with Crippen molar-refractivity contribution in [3.05, 3.63) is 28.8 Å².